The zero-order valence-corrected chi connectivity index (χ0v) is 16.0. The number of rotatable bonds is 5. The first-order chi connectivity index (χ1) is 12.4. The number of hydrogen-bond donors (Lipinski definition) is 1. The minimum absolute atomic E-state index is 0.0841. The minimum atomic E-state index is -0.185. The van der Waals surface area contributed by atoms with Crippen LogP contribution in [0.15, 0.2) is 35.4 Å². The maximum Gasteiger partial charge on any atom is 0.262 e. The highest BCUT2D eigenvalue weighted by Crippen LogP contribution is 2.27. The summed E-state index contributed by atoms with van der Waals surface area (Å²) in [5.41, 5.74) is 1.58. The number of benzene rings is 1. The largest absolute Gasteiger partial charge is 0.496 e. The second-order valence-electron chi connectivity index (χ2n) is 6.29. The summed E-state index contributed by atoms with van der Waals surface area (Å²) >= 11 is 1.25. The molecule has 2 aromatic heterocycles. The van der Waals surface area contributed by atoms with Gasteiger partial charge in [0.2, 0.25) is 0 Å². The van der Waals surface area contributed by atoms with Gasteiger partial charge in [-0.3, -0.25) is 9.59 Å². The molecule has 136 valence electrons. The van der Waals surface area contributed by atoms with Crippen LogP contribution in [0.3, 0.4) is 0 Å². The first-order valence-corrected chi connectivity index (χ1v) is 9.11. The second kappa shape index (κ2) is 7.29. The lowest BCUT2D eigenvalue weighted by atomic mass is 10.1. The molecule has 0 aliphatic rings. The number of hydrogen-bond acceptors (Lipinski definition) is 5. The topological polar surface area (TPSA) is 73.2 Å². The predicted octanol–water partition coefficient (Wildman–Crippen LogP) is 2.67. The van der Waals surface area contributed by atoms with Crippen LogP contribution in [0.4, 0.5) is 0 Å². The first kappa shape index (κ1) is 18.1. The number of nitrogens with zero attached hydrogens (tertiary/aromatic N) is 2. The smallest absolute Gasteiger partial charge is 0.262 e. The Morgan fingerprint density at radius 3 is 2.85 bits per heavy atom. The van der Waals surface area contributed by atoms with Crippen LogP contribution in [-0.4, -0.2) is 28.6 Å². The average Bonchev–Trinajstić information content (AvgIpc) is 2.96. The summed E-state index contributed by atoms with van der Waals surface area (Å²) in [6.07, 6.45) is 2.13. The molecule has 2 heterocycles. The van der Waals surface area contributed by atoms with Crippen LogP contribution in [0, 0.1) is 6.92 Å². The Labute approximate surface area is 155 Å². The molecule has 0 unspecified atom stereocenters. The van der Waals surface area contributed by atoms with Crippen molar-refractivity contribution in [2.24, 2.45) is 7.05 Å². The molecule has 3 aromatic rings. The molecule has 6 nitrogen and oxygen atoms in total. The van der Waals surface area contributed by atoms with Crippen LogP contribution in [0.5, 0.6) is 5.75 Å². The van der Waals surface area contributed by atoms with Crippen molar-refractivity contribution in [1.82, 2.24) is 14.9 Å². The number of methoxy groups -OCH3 is 1. The number of carbonyl (C=O) groups excluding carboxylic acids is 1. The van der Waals surface area contributed by atoms with E-state index in [1.807, 2.05) is 31.2 Å². The van der Waals surface area contributed by atoms with Crippen molar-refractivity contribution < 1.29 is 9.53 Å². The summed E-state index contributed by atoms with van der Waals surface area (Å²) in [7, 11) is 3.29. The molecule has 0 saturated carbocycles. The molecule has 7 heteroatoms. The standard InChI is InChI=1S/C19H21N3O3S/c1-11(9-13-7-5-6-8-14(13)25-4)21-17(23)16-12(2)15-18(26-16)20-10-22(3)19(15)24/h5-8,10-11H,9H2,1-4H3,(H,21,23)/t11-/m0/s1. The Morgan fingerprint density at radius 2 is 2.12 bits per heavy atom. The molecule has 0 radical (unpaired) electrons. The summed E-state index contributed by atoms with van der Waals surface area (Å²) in [4.78, 5) is 30.4. The number of fused-ring (bicyclic) bond motifs is 1. The van der Waals surface area contributed by atoms with Gasteiger partial charge >= 0.3 is 0 Å². The Bertz CT molecular complexity index is 1020. The van der Waals surface area contributed by atoms with Gasteiger partial charge in [0.1, 0.15) is 10.6 Å². The summed E-state index contributed by atoms with van der Waals surface area (Å²) in [6.45, 7) is 3.74. The van der Waals surface area contributed by atoms with Gasteiger partial charge in [-0.25, -0.2) is 4.98 Å². The molecule has 26 heavy (non-hydrogen) atoms. The number of thiophene rings is 1. The monoisotopic (exact) mass is 371 g/mol. The molecule has 1 N–H and O–H groups in total. The van der Waals surface area contributed by atoms with Gasteiger partial charge in [0, 0.05) is 13.1 Å². The van der Waals surface area contributed by atoms with Crippen LogP contribution in [0.1, 0.15) is 27.7 Å². The quantitative estimate of drug-likeness (QED) is 0.748. The molecule has 0 bridgehead atoms. The summed E-state index contributed by atoms with van der Waals surface area (Å²) in [5, 5.41) is 3.53. The third kappa shape index (κ3) is 3.35. The van der Waals surface area contributed by atoms with Crippen molar-refractivity contribution in [2.75, 3.05) is 7.11 Å². The first-order valence-electron chi connectivity index (χ1n) is 8.29. The molecule has 0 saturated heterocycles. The predicted molar refractivity (Wildman–Crippen MR) is 103 cm³/mol. The van der Waals surface area contributed by atoms with Crippen molar-refractivity contribution in [2.45, 2.75) is 26.3 Å². The molecule has 1 atom stereocenters. The number of carbonyl (C=O) groups is 1. The highest BCUT2D eigenvalue weighted by molar-refractivity contribution is 7.20. The van der Waals surface area contributed by atoms with Crippen molar-refractivity contribution in [1.29, 1.82) is 0 Å². The summed E-state index contributed by atoms with van der Waals surface area (Å²) < 4.78 is 6.79. The van der Waals surface area contributed by atoms with Crippen LogP contribution in [0.2, 0.25) is 0 Å². The van der Waals surface area contributed by atoms with Crippen LogP contribution in [0.25, 0.3) is 10.2 Å². The van der Waals surface area contributed by atoms with Gasteiger partial charge in [0.05, 0.1) is 23.7 Å². The van der Waals surface area contributed by atoms with E-state index < -0.39 is 0 Å². The molecule has 1 aromatic carbocycles. The fourth-order valence-electron chi connectivity index (χ4n) is 2.97. The Balaban J connectivity index is 1.82. The molecule has 3 rings (SSSR count). The molecule has 0 aliphatic heterocycles. The van der Waals surface area contributed by atoms with E-state index in [2.05, 4.69) is 10.3 Å². The van der Waals surface area contributed by atoms with Crippen molar-refractivity contribution in [3.8, 4) is 5.75 Å². The Hall–Kier alpha value is -2.67. The van der Waals surface area contributed by atoms with Crippen LogP contribution < -0.4 is 15.6 Å². The van der Waals surface area contributed by atoms with E-state index in [0.29, 0.717) is 27.1 Å². The Kier molecular flexibility index (Phi) is 5.08. The normalized spacial score (nSPS) is 12.2. The van der Waals surface area contributed by atoms with Gasteiger partial charge in [0.25, 0.3) is 11.5 Å². The Morgan fingerprint density at radius 1 is 1.38 bits per heavy atom. The molecule has 0 fully saturated rings. The minimum Gasteiger partial charge on any atom is -0.496 e. The van der Waals surface area contributed by atoms with Gasteiger partial charge < -0.3 is 14.6 Å². The fourth-order valence-corrected chi connectivity index (χ4v) is 4.01. The van der Waals surface area contributed by atoms with E-state index in [1.54, 1.807) is 21.1 Å². The van der Waals surface area contributed by atoms with Gasteiger partial charge in [-0.1, -0.05) is 18.2 Å². The van der Waals surface area contributed by atoms with Crippen molar-refractivity contribution in [3.05, 3.63) is 57.0 Å². The molecular formula is C19H21N3O3S. The van der Waals surface area contributed by atoms with Crippen molar-refractivity contribution >= 4 is 27.5 Å². The molecule has 0 spiro atoms. The molecule has 0 aliphatic carbocycles. The van der Waals surface area contributed by atoms with Crippen LogP contribution >= 0.6 is 11.3 Å². The highest BCUT2D eigenvalue weighted by atomic mass is 32.1. The lowest BCUT2D eigenvalue weighted by molar-refractivity contribution is 0.0943. The average molecular weight is 371 g/mol. The lowest BCUT2D eigenvalue weighted by Gasteiger charge is -2.15. The summed E-state index contributed by atoms with van der Waals surface area (Å²) in [5.74, 6) is 0.620. The van der Waals surface area contributed by atoms with E-state index in [1.165, 1.54) is 22.2 Å². The molecular weight excluding hydrogens is 350 g/mol. The zero-order valence-electron chi connectivity index (χ0n) is 15.2. The fraction of sp³-hybridized carbons (Fsp3) is 0.316. The number of amides is 1. The molecule has 1 amide bonds. The number of ether oxygens (including phenoxy) is 1. The highest BCUT2D eigenvalue weighted by Gasteiger charge is 2.20. The third-order valence-electron chi connectivity index (χ3n) is 4.31. The van der Waals surface area contributed by atoms with E-state index >= 15 is 0 Å². The SMILES string of the molecule is COc1ccccc1C[C@H](C)NC(=O)c1sc2ncn(C)c(=O)c2c1C. The number of para-hydroxylation sites is 1. The van der Waals surface area contributed by atoms with Gasteiger partial charge in [-0.05, 0) is 37.5 Å². The number of aromatic nitrogens is 2. The van der Waals surface area contributed by atoms with Gasteiger partial charge in [0.15, 0.2) is 0 Å². The maximum atomic E-state index is 12.7. The van der Waals surface area contributed by atoms with E-state index in [9.17, 15) is 9.59 Å². The summed E-state index contributed by atoms with van der Waals surface area (Å²) in [6, 6.07) is 7.67. The lowest BCUT2D eigenvalue weighted by Crippen LogP contribution is -2.34. The van der Waals surface area contributed by atoms with Crippen LogP contribution in [-0.2, 0) is 13.5 Å². The number of nitrogens with one attached hydrogen (secondary N) is 1. The van der Waals surface area contributed by atoms with Gasteiger partial charge in [-0.2, -0.15) is 0 Å². The maximum absolute atomic E-state index is 12.7. The van der Waals surface area contributed by atoms with Crippen molar-refractivity contribution in [3.63, 3.8) is 0 Å². The van der Waals surface area contributed by atoms with E-state index in [4.69, 9.17) is 4.74 Å². The van der Waals surface area contributed by atoms with E-state index in [-0.39, 0.29) is 17.5 Å². The van der Waals surface area contributed by atoms with Gasteiger partial charge in [-0.15, -0.1) is 11.3 Å². The second-order valence-corrected chi connectivity index (χ2v) is 7.29. The zero-order chi connectivity index (χ0) is 18.8. The third-order valence-corrected chi connectivity index (χ3v) is 5.51. The van der Waals surface area contributed by atoms with E-state index in [0.717, 1.165) is 11.3 Å². The number of aryl methyl sites for hydroxylation is 2.